The molecule has 1 fully saturated rings. The second-order valence-electron chi connectivity index (χ2n) is 3.97. The molecule has 0 bridgehead atoms. The molecule has 17 heavy (non-hydrogen) atoms. The van der Waals surface area contributed by atoms with Gasteiger partial charge in [0.1, 0.15) is 5.60 Å². The van der Waals surface area contributed by atoms with Crippen molar-refractivity contribution < 1.29 is 14.3 Å². The number of rotatable bonds is 2. The van der Waals surface area contributed by atoms with Gasteiger partial charge >= 0.3 is 0 Å². The Labute approximate surface area is 103 Å². The van der Waals surface area contributed by atoms with E-state index in [1.54, 1.807) is 11.8 Å². The maximum absolute atomic E-state index is 12.6. The van der Waals surface area contributed by atoms with Crippen LogP contribution in [0.25, 0.3) is 0 Å². The summed E-state index contributed by atoms with van der Waals surface area (Å²) in [6.07, 6.45) is 2.12. The van der Waals surface area contributed by atoms with E-state index >= 15 is 0 Å². The second-order valence-corrected chi connectivity index (χ2v) is 5.19. The summed E-state index contributed by atoms with van der Waals surface area (Å²) >= 11 is 1.72. The molecular formula is C11H13FN2O2S. The van der Waals surface area contributed by atoms with Crippen molar-refractivity contribution in [3.05, 3.63) is 24.3 Å². The van der Waals surface area contributed by atoms with E-state index in [0.717, 1.165) is 17.6 Å². The summed E-state index contributed by atoms with van der Waals surface area (Å²) in [5.41, 5.74) is -0.914. The van der Waals surface area contributed by atoms with Crippen LogP contribution in [-0.4, -0.2) is 33.1 Å². The SMILES string of the molecule is O=C(Nc1ccc(F)nc1)C1(O)CCSCC1. The first kappa shape index (κ1) is 12.3. The van der Waals surface area contributed by atoms with E-state index in [1.807, 2.05) is 0 Å². The highest BCUT2D eigenvalue weighted by Crippen LogP contribution is 2.28. The Morgan fingerprint density at radius 1 is 1.47 bits per heavy atom. The molecule has 0 saturated carbocycles. The van der Waals surface area contributed by atoms with Gasteiger partial charge in [0.05, 0.1) is 11.9 Å². The Morgan fingerprint density at radius 3 is 2.76 bits per heavy atom. The van der Waals surface area contributed by atoms with E-state index in [0.29, 0.717) is 18.5 Å². The predicted octanol–water partition coefficient (Wildman–Crippen LogP) is 1.42. The zero-order chi connectivity index (χ0) is 12.3. The van der Waals surface area contributed by atoms with Crippen LogP contribution >= 0.6 is 11.8 Å². The highest BCUT2D eigenvalue weighted by molar-refractivity contribution is 7.99. The Kier molecular flexibility index (Phi) is 3.63. The van der Waals surface area contributed by atoms with Gasteiger partial charge in [-0.25, -0.2) is 4.98 Å². The maximum Gasteiger partial charge on any atom is 0.256 e. The number of hydrogen-bond acceptors (Lipinski definition) is 4. The van der Waals surface area contributed by atoms with Gasteiger partial charge in [0.15, 0.2) is 0 Å². The quantitative estimate of drug-likeness (QED) is 0.786. The summed E-state index contributed by atoms with van der Waals surface area (Å²) < 4.78 is 12.6. The fourth-order valence-corrected chi connectivity index (χ4v) is 2.80. The van der Waals surface area contributed by atoms with E-state index in [1.165, 1.54) is 12.3 Å². The minimum Gasteiger partial charge on any atom is -0.380 e. The molecule has 1 amide bonds. The minimum absolute atomic E-state index is 0.392. The lowest BCUT2D eigenvalue weighted by Gasteiger charge is -2.30. The van der Waals surface area contributed by atoms with Gasteiger partial charge in [0.2, 0.25) is 5.95 Å². The lowest BCUT2D eigenvalue weighted by atomic mass is 9.96. The highest BCUT2D eigenvalue weighted by atomic mass is 32.2. The zero-order valence-corrected chi connectivity index (χ0v) is 9.97. The number of halogens is 1. The molecule has 1 aromatic rings. The van der Waals surface area contributed by atoms with E-state index < -0.39 is 17.5 Å². The van der Waals surface area contributed by atoms with E-state index in [9.17, 15) is 14.3 Å². The van der Waals surface area contributed by atoms with Crippen molar-refractivity contribution >= 4 is 23.4 Å². The molecule has 0 atom stereocenters. The molecular weight excluding hydrogens is 243 g/mol. The molecule has 1 aliphatic rings. The van der Waals surface area contributed by atoms with Crippen LogP contribution in [0.1, 0.15) is 12.8 Å². The molecule has 92 valence electrons. The number of amides is 1. The van der Waals surface area contributed by atoms with Crippen LogP contribution in [-0.2, 0) is 4.79 Å². The molecule has 0 spiro atoms. The highest BCUT2D eigenvalue weighted by Gasteiger charge is 2.37. The van der Waals surface area contributed by atoms with E-state index in [4.69, 9.17) is 0 Å². The number of aliphatic hydroxyl groups is 1. The number of carbonyl (C=O) groups is 1. The average molecular weight is 256 g/mol. The first-order chi connectivity index (χ1) is 8.10. The van der Waals surface area contributed by atoms with Crippen molar-refractivity contribution in [1.82, 2.24) is 4.98 Å². The van der Waals surface area contributed by atoms with Gasteiger partial charge in [-0.3, -0.25) is 4.79 Å². The van der Waals surface area contributed by atoms with Gasteiger partial charge in [-0.15, -0.1) is 0 Å². The molecule has 4 nitrogen and oxygen atoms in total. The van der Waals surface area contributed by atoms with E-state index in [2.05, 4.69) is 10.3 Å². The number of aromatic nitrogens is 1. The van der Waals surface area contributed by atoms with Crippen molar-refractivity contribution in [1.29, 1.82) is 0 Å². The normalized spacial score (nSPS) is 18.7. The number of nitrogens with one attached hydrogen (secondary N) is 1. The maximum atomic E-state index is 12.6. The fourth-order valence-electron chi connectivity index (χ4n) is 1.63. The van der Waals surface area contributed by atoms with Crippen molar-refractivity contribution in [2.45, 2.75) is 18.4 Å². The average Bonchev–Trinajstić information content (AvgIpc) is 2.33. The largest absolute Gasteiger partial charge is 0.380 e. The lowest BCUT2D eigenvalue weighted by molar-refractivity contribution is -0.134. The Balaban J connectivity index is 2.03. The lowest BCUT2D eigenvalue weighted by Crippen LogP contribution is -2.45. The topological polar surface area (TPSA) is 62.2 Å². The van der Waals surface area contributed by atoms with Crippen LogP contribution in [0.4, 0.5) is 10.1 Å². The Hall–Kier alpha value is -1.14. The minimum atomic E-state index is -1.31. The summed E-state index contributed by atoms with van der Waals surface area (Å²) in [5.74, 6) is 0.499. The predicted molar refractivity (Wildman–Crippen MR) is 64.3 cm³/mol. The number of carbonyl (C=O) groups excluding carboxylic acids is 1. The summed E-state index contributed by atoms with van der Waals surface area (Å²) in [6.45, 7) is 0. The van der Waals surface area contributed by atoms with Gasteiger partial charge in [-0.1, -0.05) is 0 Å². The van der Waals surface area contributed by atoms with Crippen LogP contribution in [0.15, 0.2) is 18.3 Å². The molecule has 0 radical (unpaired) electrons. The first-order valence-electron chi connectivity index (χ1n) is 5.33. The standard InChI is InChI=1S/C11H13FN2O2S/c12-9-2-1-8(7-13-9)14-10(15)11(16)3-5-17-6-4-11/h1-2,7,16H,3-6H2,(H,14,15). The fraction of sp³-hybridized carbons (Fsp3) is 0.455. The molecule has 6 heteroatoms. The van der Waals surface area contributed by atoms with E-state index in [-0.39, 0.29) is 0 Å². The number of anilines is 1. The molecule has 0 aromatic carbocycles. The van der Waals surface area contributed by atoms with Gasteiger partial charge in [0.25, 0.3) is 5.91 Å². The third kappa shape index (κ3) is 2.95. The summed E-state index contributed by atoms with van der Waals surface area (Å²) in [4.78, 5) is 15.3. The summed E-state index contributed by atoms with van der Waals surface area (Å²) in [6, 6.07) is 2.58. The monoisotopic (exact) mass is 256 g/mol. The van der Waals surface area contributed by atoms with Crippen molar-refractivity contribution in [2.75, 3.05) is 16.8 Å². The molecule has 1 aliphatic heterocycles. The van der Waals surface area contributed by atoms with Crippen molar-refractivity contribution in [2.24, 2.45) is 0 Å². The summed E-state index contributed by atoms with van der Waals surface area (Å²) in [7, 11) is 0. The van der Waals surface area contributed by atoms with Crippen LogP contribution in [0.2, 0.25) is 0 Å². The van der Waals surface area contributed by atoms with Crippen LogP contribution in [0, 0.1) is 5.95 Å². The van der Waals surface area contributed by atoms with Crippen molar-refractivity contribution in [3.63, 3.8) is 0 Å². The molecule has 2 N–H and O–H groups in total. The third-order valence-corrected chi connectivity index (χ3v) is 3.71. The number of nitrogens with zero attached hydrogens (tertiary/aromatic N) is 1. The zero-order valence-electron chi connectivity index (χ0n) is 9.15. The van der Waals surface area contributed by atoms with Crippen LogP contribution in [0.3, 0.4) is 0 Å². The van der Waals surface area contributed by atoms with Gasteiger partial charge in [-0.05, 0) is 36.5 Å². The Morgan fingerprint density at radius 2 is 2.18 bits per heavy atom. The number of hydrogen-bond donors (Lipinski definition) is 2. The van der Waals surface area contributed by atoms with Gasteiger partial charge in [0, 0.05) is 0 Å². The number of pyridine rings is 1. The van der Waals surface area contributed by atoms with Crippen molar-refractivity contribution in [3.8, 4) is 0 Å². The number of thioether (sulfide) groups is 1. The Bertz CT molecular complexity index is 404. The summed E-state index contributed by atoms with van der Waals surface area (Å²) in [5, 5.41) is 12.7. The second kappa shape index (κ2) is 5.01. The molecule has 2 heterocycles. The van der Waals surface area contributed by atoms with Gasteiger partial charge in [-0.2, -0.15) is 16.2 Å². The van der Waals surface area contributed by atoms with Crippen LogP contribution < -0.4 is 5.32 Å². The molecule has 1 aromatic heterocycles. The molecule has 2 rings (SSSR count). The first-order valence-corrected chi connectivity index (χ1v) is 6.49. The molecule has 0 unspecified atom stereocenters. The van der Waals surface area contributed by atoms with Crippen LogP contribution in [0.5, 0.6) is 0 Å². The third-order valence-electron chi connectivity index (χ3n) is 2.73. The molecule has 1 saturated heterocycles. The molecule has 0 aliphatic carbocycles. The van der Waals surface area contributed by atoms with Gasteiger partial charge < -0.3 is 10.4 Å². The smallest absolute Gasteiger partial charge is 0.256 e.